The summed E-state index contributed by atoms with van der Waals surface area (Å²) in [5.74, 6) is 0. The van der Waals surface area contributed by atoms with Gasteiger partial charge in [-0.15, -0.1) is 0 Å². The van der Waals surface area contributed by atoms with E-state index in [-0.39, 0.29) is 0 Å². The first kappa shape index (κ1) is 16.1. The Morgan fingerprint density at radius 2 is 1.74 bits per heavy atom. The molecule has 1 aromatic heterocycles. The maximum atomic E-state index is 3.65. The molecule has 0 amide bonds. The number of nitrogens with one attached hydrogen (secondary N) is 1. The number of benzene rings is 1. The van der Waals surface area contributed by atoms with Gasteiger partial charge < -0.3 is 9.88 Å². The fraction of sp³-hybridized carbons (Fsp3) is 0.429. The predicted octanol–water partition coefficient (Wildman–Crippen LogP) is 4.72. The summed E-state index contributed by atoms with van der Waals surface area (Å²) in [5.41, 5.74) is 5.66. The number of hydrogen-bond donors (Lipinski definition) is 1. The number of unbranched alkanes of at least 4 members (excludes halogenated alkanes) is 1. The number of hydrogen-bond acceptors (Lipinski definition) is 1. The molecule has 1 aromatic carbocycles. The first-order chi connectivity index (χ1) is 11.2. The van der Waals surface area contributed by atoms with E-state index in [1.165, 1.54) is 41.8 Å². The fourth-order valence-corrected chi connectivity index (χ4v) is 3.57. The Morgan fingerprint density at radius 3 is 2.48 bits per heavy atom. The molecule has 0 saturated heterocycles. The Bertz CT molecular complexity index is 632. The van der Waals surface area contributed by atoms with Crippen molar-refractivity contribution in [2.24, 2.45) is 0 Å². The van der Waals surface area contributed by atoms with Crippen molar-refractivity contribution < 1.29 is 0 Å². The number of nitrogens with zero attached hydrogens (tertiary/aromatic N) is 1. The van der Waals surface area contributed by atoms with Crippen LogP contribution in [-0.4, -0.2) is 17.2 Å². The van der Waals surface area contributed by atoms with Gasteiger partial charge in [0.1, 0.15) is 0 Å². The highest BCUT2D eigenvalue weighted by Crippen LogP contribution is 2.24. The minimum Gasteiger partial charge on any atom is -0.349 e. The van der Waals surface area contributed by atoms with Crippen molar-refractivity contribution in [2.75, 3.05) is 6.54 Å². The average molecular weight is 308 g/mol. The molecular formula is C21H28N2. The summed E-state index contributed by atoms with van der Waals surface area (Å²) in [4.78, 5) is 0. The van der Waals surface area contributed by atoms with Crippen LogP contribution in [0.1, 0.15) is 42.6 Å². The van der Waals surface area contributed by atoms with Crippen LogP contribution in [0.15, 0.2) is 48.5 Å². The van der Waals surface area contributed by atoms with E-state index in [1.807, 2.05) is 0 Å². The Morgan fingerprint density at radius 1 is 1.00 bits per heavy atom. The summed E-state index contributed by atoms with van der Waals surface area (Å²) in [6.45, 7) is 6.56. The van der Waals surface area contributed by atoms with Gasteiger partial charge >= 0.3 is 0 Å². The molecule has 0 spiro atoms. The average Bonchev–Trinajstić information content (AvgIpc) is 2.91. The second-order valence-corrected chi connectivity index (χ2v) is 6.67. The summed E-state index contributed by atoms with van der Waals surface area (Å²) in [6, 6.07) is 15.9. The van der Waals surface area contributed by atoms with E-state index in [0.717, 1.165) is 19.5 Å². The van der Waals surface area contributed by atoms with E-state index >= 15 is 0 Å². The van der Waals surface area contributed by atoms with Crippen LogP contribution in [0.2, 0.25) is 0 Å². The highest BCUT2D eigenvalue weighted by Gasteiger charge is 2.15. The molecule has 2 heteroatoms. The molecule has 0 radical (unpaired) electrons. The second-order valence-electron chi connectivity index (χ2n) is 6.67. The molecule has 0 saturated carbocycles. The largest absolute Gasteiger partial charge is 0.349 e. The van der Waals surface area contributed by atoms with Crippen LogP contribution in [0.25, 0.3) is 5.57 Å². The van der Waals surface area contributed by atoms with Crippen molar-refractivity contribution in [2.45, 2.75) is 52.1 Å². The minimum absolute atomic E-state index is 0.627. The highest BCUT2D eigenvalue weighted by molar-refractivity contribution is 5.66. The third-order valence-corrected chi connectivity index (χ3v) is 4.97. The summed E-state index contributed by atoms with van der Waals surface area (Å²) in [7, 11) is 0. The molecule has 1 unspecified atom stereocenters. The van der Waals surface area contributed by atoms with Gasteiger partial charge in [0.05, 0.1) is 0 Å². The molecule has 1 aliphatic rings. The molecule has 0 aliphatic carbocycles. The lowest BCUT2D eigenvalue weighted by atomic mass is 9.93. The summed E-state index contributed by atoms with van der Waals surface area (Å²) >= 11 is 0. The first-order valence-corrected chi connectivity index (χ1v) is 8.84. The Kier molecular flexibility index (Phi) is 5.35. The predicted molar refractivity (Wildman–Crippen MR) is 98.6 cm³/mol. The zero-order valence-electron chi connectivity index (χ0n) is 14.4. The van der Waals surface area contributed by atoms with Crippen LogP contribution in [0, 0.1) is 13.8 Å². The second kappa shape index (κ2) is 7.65. The molecule has 2 heterocycles. The third kappa shape index (κ3) is 4.14. The van der Waals surface area contributed by atoms with Gasteiger partial charge in [-0.1, -0.05) is 42.8 Å². The topological polar surface area (TPSA) is 17.0 Å². The van der Waals surface area contributed by atoms with E-state index < -0.39 is 0 Å². The highest BCUT2D eigenvalue weighted by atomic mass is 15.0. The monoisotopic (exact) mass is 308 g/mol. The van der Waals surface area contributed by atoms with Gasteiger partial charge in [0.15, 0.2) is 0 Å². The Hall–Kier alpha value is -1.80. The van der Waals surface area contributed by atoms with Crippen LogP contribution >= 0.6 is 0 Å². The smallest absolute Gasteiger partial charge is 0.0224 e. The number of rotatable bonds is 6. The number of aromatic nitrogens is 1. The molecule has 0 fully saturated rings. The molecule has 1 N–H and O–H groups in total. The SMILES string of the molecule is Cc1ccc(C)n1CCCCC1CC(c2ccccc2)=CCN1. The molecule has 2 nitrogen and oxygen atoms in total. The van der Waals surface area contributed by atoms with Crippen molar-refractivity contribution in [3.63, 3.8) is 0 Å². The van der Waals surface area contributed by atoms with E-state index in [9.17, 15) is 0 Å². The molecular weight excluding hydrogens is 280 g/mol. The summed E-state index contributed by atoms with van der Waals surface area (Å²) < 4.78 is 2.43. The van der Waals surface area contributed by atoms with Gasteiger partial charge in [-0.05, 0) is 56.4 Å². The maximum Gasteiger partial charge on any atom is 0.0224 e. The van der Waals surface area contributed by atoms with Crippen molar-refractivity contribution in [3.05, 3.63) is 65.5 Å². The van der Waals surface area contributed by atoms with E-state index in [0.29, 0.717) is 6.04 Å². The Balaban J connectivity index is 1.46. The first-order valence-electron chi connectivity index (χ1n) is 8.84. The van der Waals surface area contributed by atoms with Gasteiger partial charge in [0.2, 0.25) is 0 Å². The van der Waals surface area contributed by atoms with Crippen LogP contribution in [0.4, 0.5) is 0 Å². The minimum atomic E-state index is 0.627. The van der Waals surface area contributed by atoms with Crippen LogP contribution < -0.4 is 5.32 Å². The Labute approximate surface area is 140 Å². The van der Waals surface area contributed by atoms with Crippen LogP contribution in [0.3, 0.4) is 0 Å². The van der Waals surface area contributed by atoms with Crippen molar-refractivity contribution in [1.82, 2.24) is 9.88 Å². The van der Waals surface area contributed by atoms with Crippen LogP contribution in [-0.2, 0) is 6.54 Å². The van der Waals surface area contributed by atoms with Crippen molar-refractivity contribution in [3.8, 4) is 0 Å². The molecule has 2 aromatic rings. The standard InChI is InChI=1S/C21H28N2/c1-17-11-12-18(2)23(17)15-7-6-10-21-16-20(13-14-22-21)19-8-4-3-5-9-19/h3-5,8-9,11-13,21-22H,6-7,10,14-16H2,1-2H3. The summed E-state index contributed by atoms with van der Waals surface area (Å²) in [6.07, 6.45) is 7.32. The fourth-order valence-electron chi connectivity index (χ4n) is 3.57. The van der Waals surface area contributed by atoms with E-state index in [2.05, 4.69) is 72.3 Å². The molecule has 3 rings (SSSR count). The van der Waals surface area contributed by atoms with Gasteiger partial charge in [0, 0.05) is 30.5 Å². The number of aryl methyl sites for hydroxylation is 2. The lowest BCUT2D eigenvalue weighted by Gasteiger charge is -2.24. The van der Waals surface area contributed by atoms with Crippen molar-refractivity contribution in [1.29, 1.82) is 0 Å². The van der Waals surface area contributed by atoms with Gasteiger partial charge in [-0.2, -0.15) is 0 Å². The quantitative estimate of drug-likeness (QED) is 0.764. The van der Waals surface area contributed by atoms with Crippen LogP contribution in [0.5, 0.6) is 0 Å². The lowest BCUT2D eigenvalue weighted by molar-refractivity contribution is 0.462. The molecule has 1 atom stereocenters. The molecule has 23 heavy (non-hydrogen) atoms. The zero-order chi connectivity index (χ0) is 16.1. The van der Waals surface area contributed by atoms with E-state index in [1.54, 1.807) is 0 Å². The van der Waals surface area contributed by atoms with Crippen molar-refractivity contribution >= 4 is 5.57 Å². The van der Waals surface area contributed by atoms with Gasteiger partial charge in [0.25, 0.3) is 0 Å². The van der Waals surface area contributed by atoms with E-state index in [4.69, 9.17) is 0 Å². The maximum absolute atomic E-state index is 3.65. The molecule has 122 valence electrons. The molecule has 0 bridgehead atoms. The zero-order valence-corrected chi connectivity index (χ0v) is 14.4. The normalized spacial score (nSPS) is 18.0. The van der Waals surface area contributed by atoms with Gasteiger partial charge in [-0.3, -0.25) is 0 Å². The third-order valence-electron chi connectivity index (χ3n) is 4.97. The van der Waals surface area contributed by atoms with Gasteiger partial charge in [-0.25, -0.2) is 0 Å². The lowest BCUT2D eigenvalue weighted by Crippen LogP contribution is -2.32. The summed E-state index contributed by atoms with van der Waals surface area (Å²) in [5, 5.41) is 3.65. The molecule has 1 aliphatic heterocycles.